The highest BCUT2D eigenvalue weighted by Crippen LogP contribution is 2.23. The van der Waals surface area contributed by atoms with Gasteiger partial charge in [-0.05, 0) is 36.4 Å². The largest absolute Gasteiger partial charge is 0.396 e. The van der Waals surface area contributed by atoms with Crippen molar-refractivity contribution in [1.82, 2.24) is 14.6 Å². The van der Waals surface area contributed by atoms with E-state index in [0.29, 0.717) is 17.2 Å². The van der Waals surface area contributed by atoms with Gasteiger partial charge in [0.05, 0.1) is 18.9 Å². The van der Waals surface area contributed by atoms with Gasteiger partial charge in [-0.25, -0.2) is 9.50 Å². The molecular weight excluding hydrogens is 278 g/mol. The monoisotopic (exact) mass is 295 g/mol. The Hall–Kier alpha value is -2.60. The molecule has 1 fully saturated rings. The lowest BCUT2D eigenvalue weighted by molar-refractivity contribution is 0.122. The van der Waals surface area contributed by atoms with Crippen molar-refractivity contribution in [2.45, 2.75) is 0 Å². The van der Waals surface area contributed by atoms with Crippen molar-refractivity contribution in [3.8, 4) is 11.4 Å². The maximum atomic E-state index is 5.93. The van der Waals surface area contributed by atoms with Gasteiger partial charge in [-0.2, -0.15) is 0 Å². The Morgan fingerprint density at radius 1 is 1.05 bits per heavy atom. The third-order valence-electron chi connectivity index (χ3n) is 3.89. The van der Waals surface area contributed by atoms with Crippen molar-refractivity contribution in [3.63, 3.8) is 0 Å². The summed E-state index contributed by atoms with van der Waals surface area (Å²) in [6, 6.07) is 12.0. The number of morpholine rings is 1. The van der Waals surface area contributed by atoms with Gasteiger partial charge in [-0.3, -0.25) is 0 Å². The summed E-state index contributed by atoms with van der Waals surface area (Å²) in [7, 11) is 0. The summed E-state index contributed by atoms with van der Waals surface area (Å²) in [5.74, 6) is 0.687. The van der Waals surface area contributed by atoms with Crippen LogP contribution in [0.4, 0.5) is 11.4 Å². The van der Waals surface area contributed by atoms with Crippen LogP contribution >= 0.6 is 0 Å². The quantitative estimate of drug-likeness (QED) is 0.781. The Labute approximate surface area is 128 Å². The molecular formula is C16H17N5O. The van der Waals surface area contributed by atoms with Gasteiger partial charge in [0.15, 0.2) is 11.5 Å². The fraction of sp³-hybridized carbons (Fsp3) is 0.250. The Morgan fingerprint density at radius 2 is 1.82 bits per heavy atom. The predicted octanol–water partition coefficient (Wildman–Crippen LogP) is 1.82. The maximum Gasteiger partial charge on any atom is 0.182 e. The molecule has 0 radical (unpaired) electrons. The third kappa shape index (κ3) is 2.27. The Morgan fingerprint density at radius 3 is 2.55 bits per heavy atom. The molecule has 112 valence electrons. The highest BCUT2D eigenvalue weighted by molar-refractivity contribution is 5.68. The lowest BCUT2D eigenvalue weighted by Crippen LogP contribution is -2.36. The molecule has 6 nitrogen and oxygen atoms in total. The topological polar surface area (TPSA) is 68.7 Å². The van der Waals surface area contributed by atoms with Crippen molar-refractivity contribution in [1.29, 1.82) is 0 Å². The number of benzene rings is 1. The number of nitrogen functional groups attached to an aromatic ring is 1. The van der Waals surface area contributed by atoms with Gasteiger partial charge in [0.2, 0.25) is 0 Å². The number of fused-ring (bicyclic) bond motifs is 1. The molecule has 2 N–H and O–H groups in total. The van der Waals surface area contributed by atoms with Crippen LogP contribution in [0.25, 0.3) is 17.0 Å². The van der Waals surface area contributed by atoms with Crippen molar-refractivity contribution in [3.05, 3.63) is 42.6 Å². The molecule has 0 unspecified atom stereocenters. The van der Waals surface area contributed by atoms with E-state index >= 15 is 0 Å². The van der Waals surface area contributed by atoms with Crippen LogP contribution in [0.3, 0.4) is 0 Å². The van der Waals surface area contributed by atoms with E-state index in [1.165, 1.54) is 5.69 Å². The number of ether oxygens (including phenoxy) is 1. The normalized spacial score (nSPS) is 15.4. The van der Waals surface area contributed by atoms with Crippen LogP contribution in [0, 0.1) is 0 Å². The van der Waals surface area contributed by atoms with Gasteiger partial charge in [0.25, 0.3) is 0 Å². The van der Waals surface area contributed by atoms with Gasteiger partial charge in [0.1, 0.15) is 0 Å². The standard InChI is InChI=1S/C16H17N5O/c17-14-2-1-7-21-16(14)18-15(19-21)12-3-5-13(6-4-12)20-8-10-22-11-9-20/h1-7H,8-11,17H2. The number of nitrogens with zero attached hydrogens (tertiary/aromatic N) is 4. The molecule has 3 aromatic rings. The van der Waals surface area contributed by atoms with Gasteiger partial charge in [-0.1, -0.05) is 0 Å². The predicted molar refractivity (Wildman–Crippen MR) is 85.9 cm³/mol. The van der Waals surface area contributed by atoms with Crippen LogP contribution in [0.15, 0.2) is 42.6 Å². The molecule has 0 saturated carbocycles. The summed E-state index contributed by atoms with van der Waals surface area (Å²) in [4.78, 5) is 6.84. The summed E-state index contributed by atoms with van der Waals surface area (Å²) >= 11 is 0. The van der Waals surface area contributed by atoms with E-state index in [0.717, 1.165) is 31.9 Å². The summed E-state index contributed by atoms with van der Waals surface area (Å²) in [5.41, 5.74) is 9.44. The molecule has 0 amide bonds. The minimum Gasteiger partial charge on any atom is -0.396 e. The van der Waals surface area contributed by atoms with Crippen molar-refractivity contribution >= 4 is 17.0 Å². The molecule has 1 aliphatic heterocycles. The molecule has 22 heavy (non-hydrogen) atoms. The SMILES string of the molecule is Nc1cccn2nc(-c3ccc(N4CCOCC4)cc3)nc12. The second-order valence-electron chi connectivity index (χ2n) is 5.31. The number of pyridine rings is 1. The molecule has 0 atom stereocenters. The Balaban J connectivity index is 1.65. The lowest BCUT2D eigenvalue weighted by Gasteiger charge is -2.28. The van der Waals surface area contributed by atoms with Crippen molar-refractivity contribution < 1.29 is 4.74 Å². The van der Waals surface area contributed by atoms with E-state index < -0.39 is 0 Å². The first-order valence-corrected chi connectivity index (χ1v) is 7.35. The second-order valence-corrected chi connectivity index (χ2v) is 5.31. The summed E-state index contributed by atoms with van der Waals surface area (Å²) < 4.78 is 7.09. The van der Waals surface area contributed by atoms with Crippen LogP contribution in [-0.4, -0.2) is 40.9 Å². The molecule has 4 rings (SSSR count). The van der Waals surface area contributed by atoms with Crippen LogP contribution in [-0.2, 0) is 4.74 Å². The summed E-state index contributed by atoms with van der Waals surface area (Å²) in [5, 5.41) is 4.48. The van der Waals surface area contributed by atoms with Crippen molar-refractivity contribution in [2.24, 2.45) is 0 Å². The van der Waals surface area contributed by atoms with Gasteiger partial charge in [-0.15, -0.1) is 5.10 Å². The second kappa shape index (κ2) is 5.31. The molecule has 0 spiro atoms. The van der Waals surface area contributed by atoms with E-state index in [1.807, 2.05) is 18.3 Å². The molecule has 3 heterocycles. The molecule has 1 aromatic carbocycles. The van der Waals surface area contributed by atoms with E-state index in [-0.39, 0.29) is 0 Å². The van der Waals surface area contributed by atoms with E-state index in [4.69, 9.17) is 10.5 Å². The number of anilines is 2. The first-order chi connectivity index (χ1) is 10.8. The summed E-state index contributed by atoms with van der Waals surface area (Å²) in [6.07, 6.45) is 1.85. The van der Waals surface area contributed by atoms with Crippen LogP contribution in [0.2, 0.25) is 0 Å². The first-order valence-electron chi connectivity index (χ1n) is 7.35. The lowest BCUT2D eigenvalue weighted by atomic mass is 10.2. The molecule has 2 aromatic heterocycles. The number of aromatic nitrogens is 3. The zero-order valence-electron chi connectivity index (χ0n) is 12.1. The molecule has 0 bridgehead atoms. The fourth-order valence-electron chi connectivity index (χ4n) is 2.69. The average Bonchev–Trinajstić information content (AvgIpc) is 3.02. The van der Waals surface area contributed by atoms with Crippen LogP contribution in [0.1, 0.15) is 0 Å². The Kier molecular flexibility index (Phi) is 3.16. The average molecular weight is 295 g/mol. The van der Waals surface area contributed by atoms with E-state index in [2.05, 4.69) is 39.2 Å². The molecule has 1 saturated heterocycles. The molecule has 1 aliphatic rings. The summed E-state index contributed by atoms with van der Waals surface area (Å²) in [6.45, 7) is 3.44. The van der Waals surface area contributed by atoms with Crippen LogP contribution < -0.4 is 10.6 Å². The number of rotatable bonds is 2. The number of hydrogen-bond acceptors (Lipinski definition) is 5. The zero-order valence-corrected chi connectivity index (χ0v) is 12.1. The van der Waals surface area contributed by atoms with Gasteiger partial charge >= 0.3 is 0 Å². The number of hydrogen-bond donors (Lipinski definition) is 1. The Bertz CT molecular complexity index is 790. The first kappa shape index (κ1) is 13.1. The fourth-order valence-corrected chi connectivity index (χ4v) is 2.69. The van der Waals surface area contributed by atoms with Crippen LogP contribution in [0.5, 0.6) is 0 Å². The van der Waals surface area contributed by atoms with E-state index in [9.17, 15) is 0 Å². The van der Waals surface area contributed by atoms with E-state index in [1.54, 1.807) is 4.52 Å². The van der Waals surface area contributed by atoms with Gasteiger partial charge < -0.3 is 15.4 Å². The zero-order chi connectivity index (χ0) is 14.9. The minimum atomic E-state index is 0.631. The maximum absolute atomic E-state index is 5.93. The highest BCUT2D eigenvalue weighted by atomic mass is 16.5. The minimum absolute atomic E-state index is 0.631. The van der Waals surface area contributed by atoms with Crippen molar-refractivity contribution in [2.75, 3.05) is 36.9 Å². The highest BCUT2D eigenvalue weighted by Gasteiger charge is 2.12. The molecule has 0 aliphatic carbocycles. The van der Waals surface area contributed by atoms with Gasteiger partial charge in [0, 0.05) is 30.5 Å². The smallest absolute Gasteiger partial charge is 0.182 e. The molecule has 6 heteroatoms. The third-order valence-corrected chi connectivity index (χ3v) is 3.89. The number of nitrogens with two attached hydrogens (primary N) is 1.